The quantitative estimate of drug-likeness (QED) is 0.0933. The Morgan fingerprint density at radius 3 is 2.05 bits per heavy atom. The summed E-state index contributed by atoms with van der Waals surface area (Å²) in [6.07, 6.45) is 6.42. The second kappa shape index (κ2) is 12.6. The molecule has 0 amide bonds. The number of nitro benzene ring substituents is 1. The van der Waals surface area contributed by atoms with Gasteiger partial charge in [0.05, 0.1) is 49.1 Å². The third-order valence-corrected chi connectivity index (χ3v) is 5.85. The molecule has 3 aromatic carbocycles. The van der Waals surface area contributed by atoms with E-state index >= 15 is 0 Å². The van der Waals surface area contributed by atoms with Crippen LogP contribution < -0.4 is 24.3 Å². The number of nitro groups is 1. The molecule has 0 saturated carbocycles. The number of hydrogen-bond donors (Lipinski definition) is 1. The molecule has 0 aliphatic heterocycles. The molecule has 3 rings (SSSR count). The molecule has 0 atom stereocenters. The van der Waals surface area contributed by atoms with Gasteiger partial charge < -0.3 is 24.3 Å². The second-order valence-corrected chi connectivity index (χ2v) is 8.35. The molecule has 0 radical (unpaired) electrons. The summed E-state index contributed by atoms with van der Waals surface area (Å²) in [4.78, 5) is 23.2. The predicted octanol–water partition coefficient (Wildman–Crippen LogP) is 6.37. The maximum atomic E-state index is 12.5. The van der Waals surface area contributed by atoms with Crippen molar-refractivity contribution in [2.24, 2.45) is 0 Å². The Labute approximate surface area is 222 Å². The maximum absolute atomic E-state index is 12.5. The molecule has 192 valence electrons. The Hall–Kier alpha value is -4.31. The van der Waals surface area contributed by atoms with Gasteiger partial charge in [-0.15, -0.1) is 0 Å². The minimum absolute atomic E-state index is 0.000674. The second-order valence-electron chi connectivity index (χ2n) is 7.49. The van der Waals surface area contributed by atoms with E-state index in [1.807, 2.05) is 36.4 Å². The fourth-order valence-electron chi connectivity index (χ4n) is 3.55. The monoisotopic (exact) mass is 568 g/mol. The molecule has 0 unspecified atom stereocenters. The minimum Gasteiger partial charge on any atom is -0.493 e. The molecular weight excluding hydrogens is 544 g/mol. The first-order valence-electron chi connectivity index (χ1n) is 10.9. The SMILES string of the molecule is COc1cc(C=Cc2cc(Br)c(OC)c(NC=CC(=O)c3ccccc3[N+](=O)[O-])c2)cc(OC)c1OC. The molecule has 1 N–H and O–H groups in total. The van der Waals surface area contributed by atoms with Crippen molar-refractivity contribution in [3.05, 3.63) is 92.1 Å². The van der Waals surface area contributed by atoms with Gasteiger partial charge in [-0.05, 0) is 57.4 Å². The normalized spacial score (nSPS) is 10.9. The van der Waals surface area contributed by atoms with Gasteiger partial charge in [-0.25, -0.2) is 0 Å². The highest BCUT2D eigenvalue weighted by atomic mass is 79.9. The lowest BCUT2D eigenvalue weighted by Gasteiger charge is -2.13. The maximum Gasteiger partial charge on any atom is 0.280 e. The number of para-hydroxylation sites is 1. The van der Waals surface area contributed by atoms with Crippen LogP contribution in [0.1, 0.15) is 21.5 Å². The van der Waals surface area contributed by atoms with Gasteiger partial charge in [-0.2, -0.15) is 0 Å². The molecule has 10 heteroatoms. The third kappa shape index (κ3) is 6.47. The Balaban J connectivity index is 1.87. The van der Waals surface area contributed by atoms with E-state index in [1.165, 1.54) is 37.6 Å². The van der Waals surface area contributed by atoms with Gasteiger partial charge in [0, 0.05) is 18.3 Å². The summed E-state index contributed by atoms with van der Waals surface area (Å²) in [5.41, 5.74) is 1.97. The average molecular weight is 569 g/mol. The van der Waals surface area contributed by atoms with Crippen molar-refractivity contribution in [2.45, 2.75) is 0 Å². The molecule has 0 spiro atoms. The van der Waals surface area contributed by atoms with Gasteiger partial charge in [0.15, 0.2) is 23.0 Å². The molecular formula is C27H25BrN2O7. The van der Waals surface area contributed by atoms with Gasteiger partial charge in [0.1, 0.15) is 0 Å². The Bertz CT molecular complexity index is 1340. The van der Waals surface area contributed by atoms with E-state index in [4.69, 9.17) is 18.9 Å². The molecule has 0 aliphatic rings. The van der Waals surface area contributed by atoms with Crippen LogP contribution in [0.2, 0.25) is 0 Å². The van der Waals surface area contributed by atoms with Gasteiger partial charge in [0.25, 0.3) is 5.69 Å². The van der Waals surface area contributed by atoms with Crippen molar-refractivity contribution in [3.63, 3.8) is 0 Å². The molecule has 0 aromatic heterocycles. The number of anilines is 1. The van der Waals surface area contributed by atoms with Crippen molar-refractivity contribution >= 4 is 45.2 Å². The molecule has 0 bridgehead atoms. The lowest BCUT2D eigenvalue weighted by Crippen LogP contribution is -2.02. The van der Waals surface area contributed by atoms with Crippen molar-refractivity contribution in [1.29, 1.82) is 0 Å². The zero-order valence-electron chi connectivity index (χ0n) is 20.6. The zero-order valence-corrected chi connectivity index (χ0v) is 22.2. The van der Waals surface area contributed by atoms with Crippen LogP contribution in [0.5, 0.6) is 23.0 Å². The number of carbonyl (C=O) groups excluding carboxylic acids is 1. The average Bonchev–Trinajstić information content (AvgIpc) is 2.90. The van der Waals surface area contributed by atoms with E-state index < -0.39 is 10.7 Å². The summed E-state index contributed by atoms with van der Waals surface area (Å²) < 4.78 is 22.4. The summed E-state index contributed by atoms with van der Waals surface area (Å²) in [6.45, 7) is 0. The number of methoxy groups -OCH3 is 4. The number of ketones is 1. The molecule has 0 fully saturated rings. The number of ether oxygens (including phenoxy) is 4. The van der Waals surface area contributed by atoms with Crippen LogP contribution in [-0.4, -0.2) is 39.1 Å². The molecule has 9 nitrogen and oxygen atoms in total. The highest BCUT2D eigenvalue weighted by Gasteiger charge is 2.17. The van der Waals surface area contributed by atoms with E-state index in [0.717, 1.165) is 11.1 Å². The Morgan fingerprint density at radius 1 is 0.892 bits per heavy atom. The number of carbonyl (C=O) groups is 1. The molecule has 0 saturated heterocycles. The number of rotatable bonds is 11. The van der Waals surface area contributed by atoms with E-state index in [-0.39, 0.29) is 11.3 Å². The van der Waals surface area contributed by atoms with Crippen LogP contribution in [0, 0.1) is 10.1 Å². The minimum atomic E-state index is -0.585. The zero-order chi connectivity index (χ0) is 26.9. The molecule has 37 heavy (non-hydrogen) atoms. The van der Waals surface area contributed by atoms with E-state index in [9.17, 15) is 14.9 Å². The summed E-state index contributed by atoms with van der Waals surface area (Å²) in [6, 6.07) is 13.1. The van der Waals surface area contributed by atoms with Crippen molar-refractivity contribution < 1.29 is 28.7 Å². The first-order chi connectivity index (χ1) is 17.8. The number of nitrogens with one attached hydrogen (secondary N) is 1. The standard InChI is InChI=1S/C27H25BrN2O7/c1-34-24-15-18(16-25(35-2)27(24)37-4)10-9-17-13-20(28)26(36-3)21(14-17)29-12-11-23(31)19-7-5-6-8-22(19)30(32)33/h5-16,29H,1-4H3. The van der Waals surface area contributed by atoms with Crippen molar-refractivity contribution in [1.82, 2.24) is 0 Å². The van der Waals surface area contributed by atoms with Gasteiger partial charge in [0.2, 0.25) is 5.75 Å². The first-order valence-corrected chi connectivity index (χ1v) is 11.7. The van der Waals surface area contributed by atoms with Gasteiger partial charge in [-0.3, -0.25) is 14.9 Å². The number of hydrogen-bond acceptors (Lipinski definition) is 8. The smallest absolute Gasteiger partial charge is 0.280 e. The van der Waals surface area contributed by atoms with Crippen molar-refractivity contribution in [3.8, 4) is 23.0 Å². The summed E-state index contributed by atoms with van der Waals surface area (Å²) in [5, 5.41) is 14.2. The summed E-state index contributed by atoms with van der Waals surface area (Å²) >= 11 is 3.51. The summed E-state index contributed by atoms with van der Waals surface area (Å²) in [7, 11) is 6.18. The Morgan fingerprint density at radius 2 is 1.49 bits per heavy atom. The first kappa shape index (κ1) is 27.3. The third-order valence-electron chi connectivity index (χ3n) is 5.27. The predicted molar refractivity (Wildman–Crippen MR) is 146 cm³/mol. The fourth-order valence-corrected chi connectivity index (χ4v) is 4.19. The van der Waals surface area contributed by atoms with Crippen LogP contribution in [0.3, 0.4) is 0 Å². The highest BCUT2D eigenvalue weighted by Crippen LogP contribution is 2.39. The van der Waals surface area contributed by atoms with Gasteiger partial charge in [-0.1, -0.05) is 24.3 Å². The van der Waals surface area contributed by atoms with Crippen LogP contribution in [0.4, 0.5) is 11.4 Å². The van der Waals surface area contributed by atoms with Crippen LogP contribution in [0.15, 0.2) is 65.3 Å². The largest absolute Gasteiger partial charge is 0.493 e. The number of nitrogens with zero attached hydrogens (tertiary/aromatic N) is 1. The van der Waals surface area contributed by atoms with E-state index in [1.54, 1.807) is 27.4 Å². The lowest BCUT2D eigenvalue weighted by atomic mass is 10.1. The molecule has 3 aromatic rings. The topological polar surface area (TPSA) is 109 Å². The number of halogens is 1. The van der Waals surface area contributed by atoms with Crippen LogP contribution in [0.25, 0.3) is 12.2 Å². The molecule has 0 heterocycles. The number of allylic oxidation sites excluding steroid dienone is 1. The Kier molecular flexibility index (Phi) is 9.28. The summed E-state index contributed by atoms with van der Waals surface area (Å²) in [5.74, 6) is 1.59. The van der Waals surface area contributed by atoms with Crippen LogP contribution in [-0.2, 0) is 0 Å². The number of benzene rings is 3. The lowest BCUT2D eigenvalue weighted by molar-refractivity contribution is -0.385. The van der Waals surface area contributed by atoms with Gasteiger partial charge >= 0.3 is 0 Å². The fraction of sp³-hybridized carbons (Fsp3) is 0.148. The van der Waals surface area contributed by atoms with E-state index in [2.05, 4.69) is 21.2 Å². The van der Waals surface area contributed by atoms with Crippen molar-refractivity contribution in [2.75, 3.05) is 33.8 Å². The molecule has 0 aliphatic carbocycles. The van der Waals surface area contributed by atoms with Crippen LogP contribution >= 0.6 is 15.9 Å². The van der Waals surface area contributed by atoms with E-state index in [0.29, 0.717) is 33.2 Å². The highest BCUT2D eigenvalue weighted by molar-refractivity contribution is 9.10.